The van der Waals surface area contributed by atoms with Crippen molar-refractivity contribution in [1.82, 2.24) is 16.2 Å². The van der Waals surface area contributed by atoms with Crippen molar-refractivity contribution in [3.8, 4) is 11.5 Å². The number of amides is 2. The lowest BCUT2D eigenvalue weighted by atomic mass is 10.2. The van der Waals surface area contributed by atoms with Gasteiger partial charge in [0.05, 0.1) is 24.8 Å². The number of hydrazine groups is 1. The number of ether oxygens (including phenoxy) is 2. The second-order valence-corrected chi connectivity index (χ2v) is 6.72. The van der Waals surface area contributed by atoms with Crippen LogP contribution in [0.15, 0.2) is 42.5 Å². The highest BCUT2D eigenvalue weighted by Crippen LogP contribution is 2.27. The molecule has 0 unspecified atom stereocenters. The van der Waals surface area contributed by atoms with Gasteiger partial charge in [-0.2, -0.15) is 0 Å². The van der Waals surface area contributed by atoms with Crippen LogP contribution in [0.3, 0.4) is 0 Å². The molecular formula is C19H17Cl2N3O4S. The number of hydrogen-bond acceptors (Lipinski definition) is 5. The molecule has 7 nitrogen and oxygen atoms in total. The summed E-state index contributed by atoms with van der Waals surface area (Å²) in [5.41, 5.74) is 5.69. The van der Waals surface area contributed by atoms with Crippen LogP contribution in [-0.4, -0.2) is 31.1 Å². The molecule has 0 fully saturated rings. The van der Waals surface area contributed by atoms with Crippen LogP contribution in [0.4, 0.5) is 0 Å². The highest BCUT2D eigenvalue weighted by molar-refractivity contribution is 7.80. The fourth-order valence-corrected chi connectivity index (χ4v) is 2.81. The van der Waals surface area contributed by atoms with Crippen LogP contribution in [0.1, 0.15) is 15.9 Å². The zero-order valence-electron chi connectivity index (χ0n) is 15.4. The summed E-state index contributed by atoms with van der Waals surface area (Å²) in [6.45, 7) is 0. The first-order valence-electron chi connectivity index (χ1n) is 8.10. The van der Waals surface area contributed by atoms with E-state index in [1.807, 2.05) is 0 Å². The van der Waals surface area contributed by atoms with Gasteiger partial charge in [0.25, 0.3) is 5.91 Å². The molecule has 0 aromatic heterocycles. The predicted molar refractivity (Wildman–Crippen MR) is 116 cm³/mol. The Hall–Kier alpha value is -2.81. The molecule has 0 heterocycles. The third-order valence-corrected chi connectivity index (χ3v) is 4.29. The zero-order chi connectivity index (χ0) is 21.4. The van der Waals surface area contributed by atoms with Gasteiger partial charge in [-0.25, -0.2) is 0 Å². The Balaban J connectivity index is 1.88. The molecule has 0 aliphatic heterocycles. The smallest absolute Gasteiger partial charge is 0.271 e. The van der Waals surface area contributed by atoms with Crippen molar-refractivity contribution in [1.29, 1.82) is 0 Å². The van der Waals surface area contributed by atoms with Gasteiger partial charge in [0.1, 0.15) is 0 Å². The summed E-state index contributed by atoms with van der Waals surface area (Å²) in [5.74, 6) is 0.0898. The van der Waals surface area contributed by atoms with E-state index in [1.165, 1.54) is 38.5 Å². The Morgan fingerprint density at radius 1 is 1.00 bits per heavy atom. The van der Waals surface area contributed by atoms with Crippen LogP contribution in [-0.2, 0) is 4.79 Å². The molecule has 0 saturated carbocycles. The maximum atomic E-state index is 12.1. The van der Waals surface area contributed by atoms with Gasteiger partial charge < -0.3 is 9.47 Å². The summed E-state index contributed by atoms with van der Waals surface area (Å²) < 4.78 is 10.4. The van der Waals surface area contributed by atoms with E-state index in [0.29, 0.717) is 16.5 Å². The first-order chi connectivity index (χ1) is 13.8. The van der Waals surface area contributed by atoms with Crippen molar-refractivity contribution in [2.75, 3.05) is 14.2 Å². The van der Waals surface area contributed by atoms with Crippen LogP contribution in [0.25, 0.3) is 6.08 Å². The topological polar surface area (TPSA) is 88.7 Å². The van der Waals surface area contributed by atoms with Crippen molar-refractivity contribution < 1.29 is 19.1 Å². The Morgan fingerprint density at radius 2 is 1.72 bits per heavy atom. The van der Waals surface area contributed by atoms with Crippen LogP contribution >= 0.6 is 35.4 Å². The molecule has 0 bridgehead atoms. The number of carbonyl (C=O) groups is 2. The number of carbonyl (C=O) groups excluding carboxylic acids is 2. The van der Waals surface area contributed by atoms with Crippen LogP contribution < -0.4 is 25.6 Å². The maximum Gasteiger partial charge on any atom is 0.271 e. The highest BCUT2D eigenvalue weighted by Gasteiger charge is 2.11. The third-order valence-electron chi connectivity index (χ3n) is 3.54. The molecule has 2 aromatic carbocycles. The SMILES string of the molecule is COc1ccc(/C=C/C(=O)NC(=S)NNC(=O)c2ccc(Cl)cc2Cl)cc1OC. The maximum absolute atomic E-state index is 12.1. The van der Waals surface area contributed by atoms with Gasteiger partial charge in [-0.05, 0) is 54.2 Å². The average molecular weight is 454 g/mol. The minimum Gasteiger partial charge on any atom is -0.493 e. The second kappa shape index (κ2) is 10.7. The average Bonchev–Trinajstić information content (AvgIpc) is 2.70. The van der Waals surface area contributed by atoms with Crippen molar-refractivity contribution in [3.63, 3.8) is 0 Å². The zero-order valence-corrected chi connectivity index (χ0v) is 17.7. The molecule has 0 saturated heterocycles. The van der Waals surface area contributed by atoms with E-state index in [1.54, 1.807) is 24.3 Å². The lowest BCUT2D eigenvalue weighted by Crippen LogP contribution is -2.48. The second-order valence-electron chi connectivity index (χ2n) is 5.47. The third kappa shape index (κ3) is 6.63. The number of methoxy groups -OCH3 is 2. The summed E-state index contributed by atoms with van der Waals surface area (Å²) in [7, 11) is 3.06. The molecule has 0 aliphatic rings. The first kappa shape index (κ1) is 22.5. The molecule has 0 aliphatic carbocycles. The fraction of sp³-hybridized carbons (Fsp3) is 0.105. The normalized spacial score (nSPS) is 10.3. The Morgan fingerprint density at radius 3 is 2.38 bits per heavy atom. The number of rotatable bonds is 5. The van der Waals surface area contributed by atoms with Gasteiger partial charge in [0.2, 0.25) is 5.91 Å². The summed E-state index contributed by atoms with van der Waals surface area (Å²) in [5, 5.41) is 2.90. The van der Waals surface area contributed by atoms with Gasteiger partial charge in [-0.3, -0.25) is 25.8 Å². The minimum absolute atomic E-state index is 0.0922. The van der Waals surface area contributed by atoms with E-state index in [9.17, 15) is 9.59 Å². The molecule has 3 N–H and O–H groups in total. The number of hydrogen-bond donors (Lipinski definition) is 3. The molecule has 152 valence electrons. The van der Waals surface area contributed by atoms with Crippen molar-refractivity contribution in [2.24, 2.45) is 0 Å². The Labute approximate surface area is 182 Å². The first-order valence-corrected chi connectivity index (χ1v) is 9.27. The van der Waals surface area contributed by atoms with Gasteiger partial charge in [-0.1, -0.05) is 29.3 Å². The molecule has 0 atom stereocenters. The van der Waals surface area contributed by atoms with E-state index < -0.39 is 11.8 Å². The molecule has 2 aromatic rings. The molecular weight excluding hydrogens is 437 g/mol. The largest absolute Gasteiger partial charge is 0.493 e. The number of thiocarbonyl (C=S) groups is 1. The van der Waals surface area contributed by atoms with Crippen molar-refractivity contribution in [2.45, 2.75) is 0 Å². The molecule has 2 amide bonds. The predicted octanol–water partition coefficient (Wildman–Crippen LogP) is 3.36. The van der Waals surface area contributed by atoms with Gasteiger partial charge >= 0.3 is 0 Å². The molecule has 0 radical (unpaired) electrons. The Kier molecular flexibility index (Phi) is 8.26. The number of benzene rings is 2. The lowest BCUT2D eigenvalue weighted by molar-refractivity contribution is -0.115. The molecule has 0 spiro atoms. The number of nitrogens with one attached hydrogen (secondary N) is 3. The Bertz CT molecular complexity index is 966. The van der Waals surface area contributed by atoms with Crippen molar-refractivity contribution in [3.05, 3.63) is 63.6 Å². The fourth-order valence-electron chi connectivity index (χ4n) is 2.17. The summed E-state index contributed by atoms with van der Waals surface area (Å²) in [4.78, 5) is 24.1. The standard InChI is InChI=1S/C19H17Cl2N3O4S/c1-27-15-7-3-11(9-16(15)28-2)4-8-17(25)22-19(29)24-23-18(26)13-6-5-12(20)10-14(13)21/h3-10H,1-2H3,(H,23,26)(H2,22,24,25,29)/b8-4+. The van der Waals surface area contributed by atoms with Gasteiger partial charge in [0, 0.05) is 11.1 Å². The van der Waals surface area contributed by atoms with Crippen LogP contribution in [0, 0.1) is 0 Å². The minimum atomic E-state index is -0.538. The van der Waals surface area contributed by atoms with Crippen LogP contribution in [0.2, 0.25) is 10.0 Å². The van der Waals surface area contributed by atoms with Gasteiger partial charge in [0.15, 0.2) is 16.6 Å². The number of halogens is 2. The highest BCUT2D eigenvalue weighted by atomic mass is 35.5. The van der Waals surface area contributed by atoms with Crippen LogP contribution in [0.5, 0.6) is 11.5 Å². The van der Waals surface area contributed by atoms with E-state index >= 15 is 0 Å². The molecule has 10 heteroatoms. The summed E-state index contributed by atoms with van der Waals surface area (Å²) in [6, 6.07) is 9.64. The van der Waals surface area contributed by atoms with Crippen molar-refractivity contribution >= 4 is 58.4 Å². The van der Waals surface area contributed by atoms with E-state index in [4.69, 9.17) is 44.9 Å². The lowest BCUT2D eigenvalue weighted by Gasteiger charge is -2.10. The van der Waals surface area contributed by atoms with E-state index in [-0.39, 0.29) is 15.7 Å². The summed E-state index contributed by atoms with van der Waals surface area (Å²) >= 11 is 16.7. The van der Waals surface area contributed by atoms with Gasteiger partial charge in [-0.15, -0.1) is 0 Å². The van der Waals surface area contributed by atoms with E-state index in [2.05, 4.69) is 16.2 Å². The monoisotopic (exact) mass is 453 g/mol. The summed E-state index contributed by atoms with van der Waals surface area (Å²) in [6.07, 6.45) is 2.86. The molecule has 2 rings (SSSR count). The van der Waals surface area contributed by atoms with E-state index in [0.717, 1.165) is 5.56 Å². The quantitative estimate of drug-likeness (QED) is 0.365. The molecule has 29 heavy (non-hydrogen) atoms.